The third kappa shape index (κ3) is 3.16. The molecule has 1 heterocycles. The average Bonchev–Trinajstić information content (AvgIpc) is 2.37. The molecule has 2 aromatic rings. The number of aryl methyl sites for hydroxylation is 2. The van der Waals surface area contributed by atoms with Gasteiger partial charge in [-0.15, -0.1) is 0 Å². The van der Waals surface area contributed by atoms with E-state index in [1.54, 1.807) is 13.0 Å². The Hall–Kier alpha value is -1.46. The van der Waals surface area contributed by atoms with E-state index in [0.717, 1.165) is 21.8 Å². The fourth-order valence-electron chi connectivity index (χ4n) is 1.82. The van der Waals surface area contributed by atoms with Gasteiger partial charge in [-0.25, -0.2) is 14.4 Å². The number of hydrogen-bond acceptors (Lipinski definition) is 4. The minimum atomic E-state index is -0.735. The molecule has 1 aromatic heterocycles. The lowest BCUT2D eigenvalue weighted by Crippen LogP contribution is -2.00. The highest BCUT2D eigenvalue weighted by atomic mass is 32.2. The van der Waals surface area contributed by atoms with Gasteiger partial charge in [0.2, 0.25) is 0 Å². The molecule has 0 aliphatic rings. The molecule has 2 rings (SSSR count). The van der Waals surface area contributed by atoms with Crippen molar-refractivity contribution < 1.29 is 9.50 Å². The van der Waals surface area contributed by atoms with Gasteiger partial charge in [-0.3, -0.25) is 0 Å². The van der Waals surface area contributed by atoms with Crippen LogP contribution in [0, 0.1) is 26.6 Å². The zero-order valence-electron chi connectivity index (χ0n) is 11.9. The van der Waals surface area contributed by atoms with Crippen LogP contribution in [0.3, 0.4) is 0 Å². The van der Waals surface area contributed by atoms with Gasteiger partial charge in [-0.2, -0.15) is 0 Å². The van der Waals surface area contributed by atoms with Crippen LogP contribution in [0.1, 0.15) is 35.5 Å². The minimum absolute atomic E-state index is 0.359. The van der Waals surface area contributed by atoms with Gasteiger partial charge in [0.25, 0.3) is 0 Å². The molecule has 0 unspecified atom stereocenters. The van der Waals surface area contributed by atoms with Crippen molar-refractivity contribution in [1.82, 2.24) is 9.97 Å². The van der Waals surface area contributed by atoms with Crippen LogP contribution in [0.2, 0.25) is 0 Å². The number of aliphatic hydroxyl groups excluding tert-OH is 1. The zero-order valence-corrected chi connectivity index (χ0v) is 12.8. The van der Waals surface area contributed by atoms with Gasteiger partial charge in [0.05, 0.1) is 6.10 Å². The second-order valence-electron chi connectivity index (χ2n) is 4.76. The summed E-state index contributed by atoms with van der Waals surface area (Å²) in [5.74, 6) is -0.359. The number of nitrogens with zero attached hydrogens (tertiary/aromatic N) is 2. The minimum Gasteiger partial charge on any atom is -0.389 e. The summed E-state index contributed by atoms with van der Waals surface area (Å²) in [5, 5.41) is 10.3. The molecule has 106 valence electrons. The molecule has 20 heavy (non-hydrogen) atoms. The topological polar surface area (TPSA) is 46.0 Å². The quantitative estimate of drug-likeness (QED) is 0.875. The number of halogens is 1. The van der Waals surface area contributed by atoms with Crippen LogP contribution in [-0.4, -0.2) is 15.1 Å². The predicted molar refractivity (Wildman–Crippen MR) is 77.4 cm³/mol. The molecule has 0 saturated heterocycles. The highest BCUT2D eigenvalue weighted by molar-refractivity contribution is 7.99. The lowest BCUT2D eigenvalue weighted by Gasteiger charge is -2.12. The van der Waals surface area contributed by atoms with E-state index >= 15 is 0 Å². The molecule has 0 saturated carbocycles. The Kier molecular flexibility index (Phi) is 4.40. The lowest BCUT2D eigenvalue weighted by molar-refractivity contribution is 0.196. The number of aromatic nitrogens is 2. The van der Waals surface area contributed by atoms with Crippen molar-refractivity contribution in [3.05, 3.63) is 46.5 Å². The third-order valence-electron chi connectivity index (χ3n) is 3.24. The van der Waals surface area contributed by atoms with E-state index in [9.17, 15) is 9.50 Å². The summed E-state index contributed by atoms with van der Waals surface area (Å²) >= 11 is 1.34. The highest BCUT2D eigenvalue weighted by Crippen LogP contribution is 2.32. The first-order chi connectivity index (χ1) is 9.38. The standard InChI is InChI=1S/C15H17FN2OS/c1-8-9(2)17-15(18-10(8)3)20-14-6-5-12(16)7-13(14)11(4)19/h5-7,11,19H,1-4H3/t11-/m0/s1. The summed E-state index contributed by atoms with van der Waals surface area (Å²) in [7, 11) is 0. The molecule has 0 bridgehead atoms. The second kappa shape index (κ2) is 5.89. The Bertz CT molecular complexity index is 621. The van der Waals surface area contributed by atoms with Crippen LogP contribution < -0.4 is 0 Å². The van der Waals surface area contributed by atoms with E-state index in [1.807, 2.05) is 20.8 Å². The number of rotatable bonds is 3. The normalized spacial score (nSPS) is 12.5. The van der Waals surface area contributed by atoms with Gasteiger partial charge in [0.1, 0.15) is 5.82 Å². The largest absolute Gasteiger partial charge is 0.389 e. The second-order valence-corrected chi connectivity index (χ2v) is 5.77. The van der Waals surface area contributed by atoms with Gasteiger partial charge in [0.15, 0.2) is 5.16 Å². The van der Waals surface area contributed by atoms with Crippen molar-refractivity contribution in [3.8, 4) is 0 Å². The summed E-state index contributed by atoms with van der Waals surface area (Å²) in [4.78, 5) is 9.62. The summed E-state index contributed by atoms with van der Waals surface area (Å²) in [6.45, 7) is 7.48. The van der Waals surface area contributed by atoms with Crippen LogP contribution in [0.5, 0.6) is 0 Å². The summed E-state index contributed by atoms with van der Waals surface area (Å²) in [5.41, 5.74) is 3.49. The van der Waals surface area contributed by atoms with Gasteiger partial charge < -0.3 is 5.11 Å². The Morgan fingerprint density at radius 1 is 1.15 bits per heavy atom. The Balaban J connectivity index is 2.40. The molecule has 0 aliphatic heterocycles. The van der Waals surface area contributed by atoms with Crippen LogP contribution in [0.4, 0.5) is 4.39 Å². The Morgan fingerprint density at radius 2 is 1.75 bits per heavy atom. The maximum absolute atomic E-state index is 13.3. The fourth-order valence-corrected chi connectivity index (χ4v) is 2.87. The molecular weight excluding hydrogens is 275 g/mol. The van der Waals surface area contributed by atoms with Crippen molar-refractivity contribution in [2.24, 2.45) is 0 Å². The van der Waals surface area contributed by atoms with Crippen molar-refractivity contribution in [2.75, 3.05) is 0 Å². The summed E-state index contributed by atoms with van der Waals surface area (Å²) in [6, 6.07) is 4.37. The van der Waals surface area contributed by atoms with Gasteiger partial charge in [-0.05, 0) is 68.8 Å². The monoisotopic (exact) mass is 292 g/mol. The molecule has 0 radical (unpaired) electrons. The van der Waals surface area contributed by atoms with Crippen LogP contribution >= 0.6 is 11.8 Å². The van der Waals surface area contributed by atoms with E-state index in [0.29, 0.717) is 10.7 Å². The van der Waals surface area contributed by atoms with Crippen LogP contribution in [0.15, 0.2) is 28.3 Å². The first-order valence-corrected chi connectivity index (χ1v) is 7.17. The van der Waals surface area contributed by atoms with E-state index in [2.05, 4.69) is 9.97 Å². The van der Waals surface area contributed by atoms with E-state index in [4.69, 9.17) is 0 Å². The maximum atomic E-state index is 13.3. The predicted octanol–water partition coefficient (Wildman–Crippen LogP) is 3.75. The molecule has 0 spiro atoms. The Labute approximate surface area is 122 Å². The number of aliphatic hydroxyl groups is 1. The highest BCUT2D eigenvalue weighted by Gasteiger charge is 2.13. The van der Waals surface area contributed by atoms with Crippen LogP contribution in [0.25, 0.3) is 0 Å². The Morgan fingerprint density at radius 3 is 2.30 bits per heavy atom. The summed E-state index contributed by atoms with van der Waals surface area (Å²) < 4.78 is 13.3. The smallest absolute Gasteiger partial charge is 0.192 e. The third-order valence-corrected chi connectivity index (χ3v) is 4.19. The zero-order chi connectivity index (χ0) is 14.9. The van der Waals surface area contributed by atoms with Gasteiger partial charge >= 0.3 is 0 Å². The number of hydrogen-bond donors (Lipinski definition) is 1. The maximum Gasteiger partial charge on any atom is 0.192 e. The van der Waals surface area contributed by atoms with E-state index in [1.165, 1.54) is 23.9 Å². The van der Waals surface area contributed by atoms with Crippen molar-refractivity contribution in [1.29, 1.82) is 0 Å². The van der Waals surface area contributed by atoms with E-state index < -0.39 is 6.10 Å². The SMILES string of the molecule is Cc1nc(Sc2ccc(F)cc2[C@H](C)O)nc(C)c1C. The molecule has 0 aliphatic carbocycles. The molecule has 3 nitrogen and oxygen atoms in total. The first kappa shape index (κ1) is 14.9. The number of benzene rings is 1. The lowest BCUT2D eigenvalue weighted by atomic mass is 10.1. The fraction of sp³-hybridized carbons (Fsp3) is 0.333. The average molecular weight is 292 g/mol. The molecule has 5 heteroatoms. The molecule has 0 amide bonds. The van der Waals surface area contributed by atoms with Gasteiger partial charge in [0, 0.05) is 16.3 Å². The molecule has 0 fully saturated rings. The summed E-state index contributed by atoms with van der Waals surface area (Å²) in [6.07, 6.45) is -0.735. The molecule has 1 atom stereocenters. The molecule has 1 N–H and O–H groups in total. The van der Waals surface area contributed by atoms with Crippen molar-refractivity contribution >= 4 is 11.8 Å². The van der Waals surface area contributed by atoms with Crippen molar-refractivity contribution in [2.45, 2.75) is 43.9 Å². The van der Waals surface area contributed by atoms with E-state index in [-0.39, 0.29) is 5.82 Å². The first-order valence-electron chi connectivity index (χ1n) is 6.35. The molecular formula is C15H17FN2OS. The molecule has 1 aromatic carbocycles. The van der Waals surface area contributed by atoms with Gasteiger partial charge in [-0.1, -0.05) is 0 Å². The van der Waals surface area contributed by atoms with Crippen molar-refractivity contribution in [3.63, 3.8) is 0 Å². The van der Waals surface area contributed by atoms with Crippen LogP contribution in [-0.2, 0) is 0 Å².